The number of likely N-dealkylation sites (tertiary alicyclic amines) is 1. The molecule has 1 amide bonds. The molecule has 8 nitrogen and oxygen atoms in total. The molecular formula is C23H26N2O6S. The van der Waals surface area contributed by atoms with Crippen LogP contribution in [-0.2, 0) is 14.3 Å². The van der Waals surface area contributed by atoms with Crippen LogP contribution in [0.15, 0.2) is 41.3 Å². The van der Waals surface area contributed by atoms with Crippen LogP contribution in [0.5, 0.6) is 11.5 Å². The molecule has 2 aliphatic heterocycles. The lowest BCUT2D eigenvalue weighted by Crippen LogP contribution is -3.14. The predicted molar refractivity (Wildman–Crippen MR) is 117 cm³/mol. The van der Waals surface area contributed by atoms with E-state index in [1.54, 1.807) is 17.0 Å². The zero-order chi connectivity index (χ0) is 22.7. The summed E-state index contributed by atoms with van der Waals surface area (Å²) >= 11 is 1.43. The van der Waals surface area contributed by atoms with Crippen LogP contribution in [0.25, 0.3) is 5.76 Å². The Morgan fingerprint density at radius 1 is 1.19 bits per heavy atom. The van der Waals surface area contributed by atoms with Crippen molar-refractivity contribution in [1.29, 1.82) is 0 Å². The van der Waals surface area contributed by atoms with Crippen molar-refractivity contribution in [3.8, 4) is 11.5 Å². The van der Waals surface area contributed by atoms with Crippen molar-refractivity contribution in [3.05, 3.63) is 51.7 Å². The quantitative estimate of drug-likeness (QED) is 0.354. The topological polar surface area (TPSA) is 92.6 Å². The minimum atomic E-state index is -0.736. The van der Waals surface area contributed by atoms with Gasteiger partial charge in [-0.2, -0.15) is 0 Å². The molecule has 1 atom stereocenters. The molecule has 0 aliphatic carbocycles. The highest BCUT2D eigenvalue weighted by Gasteiger charge is 2.45. The third-order valence-corrected chi connectivity index (χ3v) is 6.82. The van der Waals surface area contributed by atoms with E-state index in [-0.39, 0.29) is 11.1 Å². The molecule has 3 heterocycles. The second-order valence-corrected chi connectivity index (χ2v) is 8.65. The number of morpholine rings is 1. The number of ketones is 1. The molecule has 1 aromatic heterocycles. The third kappa shape index (κ3) is 4.23. The van der Waals surface area contributed by atoms with Gasteiger partial charge >= 0.3 is 0 Å². The number of Topliss-reactive ketones (excluding diaryl/α,β-unsaturated/α-hetero) is 1. The first-order valence-electron chi connectivity index (χ1n) is 10.5. The normalized spacial score (nSPS) is 21.2. The molecule has 0 bridgehead atoms. The summed E-state index contributed by atoms with van der Waals surface area (Å²) in [7, 11) is 2.99. The van der Waals surface area contributed by atoms with Crippen molar-refractivity contribution in [3.63, 3.8) is 0 Å². The fourth-order valence-electron chi connectivity index (χ4n) is 4.17. The van der Waals surface area contributed by atoms with Gasteiger partial charge in [-0.3, -0.25) is 9.59 Å². The Bertz CT molecular complexity index is 1010. The third-order valence-electron chi connectivity index (χ3n) is 5.89. The summed E-state index contributed by atoms with van der Waals surface area (Å²) in [5, 5.41) is 15.4. The van der Waals surface area contributed by atoms with Crippen LogP contribution in [-0.4, -0.2) is 70.2 Å². The number of amides is 1. The summed E-state index contributed by atoms with van der Waals surface area (Å²) in [6, 6.07) is 7.77. The largest absolute Gasteiger partial charge is 0.872 e. The summed E-state index contributed by atoms with van der Waals surface area (Å²) in [6.07, 6.45) is 0. The Kier molecular flexibility index (Phi) is 6.78. The van der Waals surface area contributed by atoms with Gasteiger partial charge in [-0.25, -0.2) is 0 Å². The summed E-state index contributed by atoms with van der Waals surface area (Å²) < 4.78 is 15.9. The molecule has 2 aliphatic rings. The lowest BCUT2D eigenvalue weighted by molar-refractivity contribution is -0.907. The van der Waals surface area contributed by atoms with E-state index in [2.05, 4.69) is 0 Å². The zero-order valence-electron chi connectivity index (χ0n) is 18.1. The van der Waals surface area contributed by atoms with E-state index in [4.69, 9.17) is 14.2 Å². The van der Waals surface area contributed by atoms with Gasteiger partial charge in [-0.1, -0.05) is 17.9 Å². The van der Waals surface area contributed by atoms with Crippen molar-refractivity contribution in [2.24, 2.45) is 0 Å². The summed E-state index contributed by atoms with van der Waals surface area (Å²) in [4.78, 5) is 29.7. The first-order valence-corrected chi connectivity index (χ1v) is 11.4. The van der Waals surface area contributed by atoms with E-state index in [9.17, 15) is 14.7 Å². The molecule has 32 heavy (non-hydrogen) atoms. The summed E-state index contributed by atoms with van der Waals surface area (Å²) in [5.41, 5.74) is 0.266. The number of nitrogens with zero attached hydrogens (tertiary/aromatic N) is 1. The van der Waals surface area contributed by atoms with Gasteiger partial charge in [-0.15, -0.1) is 11.3 Å². The maximum atomic E-state index is 13.5. The van der Waals surface area contributed by atoms with E-state index in [0.717, 1.165) is 18.0 Å². The molecule has 2 fully saturated rings. The van der Waals surface area contributed by atoms with Gasteiger partial charge in [0.2, 0.25) is 5.78 Å². The molecule has 170 valence electrons. The molecule has 1 aromatic carbocycles. The lowest BCUT2D eigenvalue weighted by atomic mass is 9.99. The minimum absolute atomic E-state index is 0.0124. The highest BCUT2D eigenvalue weighted by atomic mass is 32.1. The molecule has 9 heteroatoms. The van der Waals surface area contributed by atoms with E-state index < -0.39 is 23.5 Å². The van der Waals surface area contributed by atoms with E-state index in [1.807, 2.05) is 17.5 Å². The molecule has 0 saturated carbocycles. The number of benzene rings is 1. The Hall–Kier alpha value is -2.88. The average Bonchev–Trinajstić information content (AvgIpc) is 3.44. The smallest absolute Gasteiger partial charge is 0.295 e. The standard InChI is InChI=1S/C23H26N2O6S/c1-29-16-6-5-15(14-17(16)30-2)21(26)19-20(18-4-3-13-32-18)25(23(28)22(19)27)8-7-24-9-11-31-12-10-24/h3-6,13-14,20,26H,7-12H2,1-2H3/b21-19+. The SMILES string of the molecule is COc1ccc(/C([O-])=C2\C(=O)C(=O)N(CC[NH+]3CCOCC3)C2c2cccs2)cc1OC. The first kappa shape index (κ1) is 22.3. The number of hydrogen-bond donors (Lipinski definition) is 1. The number of ether oxygens (including phenoxy) is 3. The van der Waals surface area contributed by atoms with Crippen LogP contribution in [0.4, 0.5) is 0 Å². The maximum absolute atomic E-state index is 13.5. The monoisotopic (exact) mass is 458 g/mol. The fourth-order valence-corrected chi connectivity index (χ4v) is 5.01. The van der Waals surface area contributed by atoms with Crippen molar-refractivity contribution >= 4 is 28.8 Å². The Balaban J connectivity index is 1.71. The summed E-state index contributed by atoms with van der Waals surface area (Å²) in [6.45, 7) is 4.19. The number of carbonyl (C=O) groups is 2. The number of nitrogens with one attached hydrogen (secondary N) is 1. The van der Waals surface area contributed by atoms with Gasteiger partial charge in [0, 0.05) is 10.5 Å². The van der Waals surface area contributed by atoms with Gasteiger partial charge in [0.15, 0.2) is 11.5 Å². The first-order chi connectivity index (χ1) is 15.5. The van der Waals surface area contributed by atoms with Crippen LogP contribution in [0.1, 0.15) is 16.5 Å². The second-order valence-electron chi connectivity index (χ2n) is 7.67. The maximum Gasteiger partial charge on any atom is 0.295 e. The van der Waals surface area contributed by atoms with E-state index in [1.165, 1.54) is 36.5 Å². The van der Waals surface area contributed by atoms with Crippen LogP contribution in [0.2, 0.25) is 0 Å². The zero-order valence-corrected chi connectivity index (χ0v) is 18.9. The lowest BCUT2D eigenvalue weighted by Gasteiger charge is -2.29. The van der Waals surface area contributed by atoms with Gasteiger partial charge < -0.3 is 29.1 Å². The van der Waals surface area contributed by atoms with E-state index in [0.29, 0.717) is 37.8 Å². The molecular weight excluding hydrogens is 432 g/mol. The average molecular weight is 459 g/mol. The summed E-state index contributed by atoms with van der Waals surface area (Å²) in [5.74, 6) is -0.965. The molecule has 1 unspecified atom stereocenters. The van der Waals surface area contributed by atoms with Crippen molar-refractivity contribution in [1.82, 2.24) is 4.90 Å². The Morgan fingerprint density at radius 2 is 1.94 bits per heavy atom. The number of hydrogen-bond acceptors (Lipinski definition) is 7. The van der Waals surface area contributed by atoms with Crippen LogP contribution in [0.3, 0.4) is 0 Å². The number of methoxy groups -OCH3 is 2. The van der Waals surface area contributed by atoms with Crippen LogP contribution >= 0.6 is 11.3 Å². The highest BCUT2D eigenvalue weighted by Crippen LogP contribution is 2.41. The number of quaternary nitrogens is 1. The Morgan fingerprint density at radius 3 is 2.59 bits per heavy atom. The van der Waals surface area contributed by atoms with Gasteiger partial charge in [0.1, 0.15) is 13.1 Å². The molecule has 0 spiro atoms. The molecule has 0 radical (unpaired) electrons. The molecule has 2 saturated heterocycles. The molecule has 2 aromatic rings. The predicted octanol–water partition coefficient (Wildman–Crippen LogP) is -0.0956. The van der Waals surface area contributed by atoms with Gasteiger partial charge in [0.25, 0.3) is 5.91 Å². The van der Waals surface area contributed by atoms with Gasteiger partial charge in [-0.05, 0) is 29.1 Å². The van der Waals surface area contributed by atoms with Crippen molar-refractivity contribution in [2.75, 3.05) is 53.6 Å². The highest BCUT2D eigenvalue weighted by molar-refractivity contribution is 7.10. The minimum Gasteiger partial charge on any atom is -0.872 e. The van der Waals surface area contributed by atoms with Crippen molar-refractivity contribution in [2.45, 2.75) is 6.04 Å². The number of carbonyl (C=O) groups excluding carboxylic acids is 2. The van der Waals surface area contributed by atoms with E-state index >= 15 is 0 Å². The molecule has 4 rings (SSSR count). The second kappa shape index (κ2) is 9.72. The Labute approximate surface area is 190 Å². The van der Waals surface area contributed by atoms with Crippen LogP contribution < -0.4 is 19.5 Å². The molecule has 1 N–H and O–H groups in total. The number of thiophene rings is 1. The fraction of sp³-hybridized carbons (Fsp3) is 0.391. The van der Waals surface area contributed by atoms with Crippen molar-refractivity contribution < 1.29 is 33.8 Å². The number of rotatable bonds is 7. The van der Waals surface area contributed by atoms with Gasteiger partial charge in [0.05, 0.1) is 46.6 Å². The van der Waals surface area contributed by atoms with Crippen LogP contribution in [0, 0.1) is 0 Å².